The molecular formula is C37H51N3O8SSi2. The number of fused-ring (bicyclic) bond motifs is 1. The largest absolute Gasteiger partial charge is 0.414 e. The predicted octanol–water partition coefficient (Wildman–Crippen LogP) is 7.31. The highest BCUT2D eigenvalue weighted by Gasteiger charge is 2.62. The highest BCUT2D eigenvalue weighted by atomic mass is 32.2. The minimum atomic E-state index is -3.05. The first kappa shape index (κ1) is 39.3. The van der Waals surface area contributed by atoms with Crippen LogP contribution in [0.4, 0.5) is 5.82 Å². The Kier molecular flexibility index (Phi) is 12.9. The van der Waals surface area contributed by atoms with Gasteiger partial charge >= 0.3 is 22.8 Å². The molecule has 1 N–H and O–H groups in total. The highest BCUT2D eigenvalue weighted by Crippen LogP contribution is 2.48. The van der Waals surface area contributed by atoms with E-state index >= 15 is 0 Å². The summed E-state index contributed by atoms with van der Waals surface area (Å²) in [5.74, 6) is 0.120. The minimum Gasteiger partial charge on any atom is -0.414 e. The van der Waals surface area contributed by atoms with Gasteiger partial charge in [-0.15, -0.1) is 0 Å². The van der Waals surface area contributed by atoms with E-state index in [4.69, 9.17) is 22.4 Å². The van der Waals surface area contributed by atoms with E-state index in [9.17, 15) is 14.4 Å². The van der Waals surface area contributed by atoms with E-state index in [1.807, 2.05) is 24.3 Å². The van der Waals surface area contributed by atoms with Gasteiger partial charge in [0.2, 0.25) is 5.12 Å². The lowest BCUT2D eigenvalue weighted by atomic mass is 10.1. The number of thioether (sulfide) groups is 1. The van der Waals surface area contributed by atoms with Crippen molar-refractivity contribution in [3.63, 3.8) is 0 Å². The van der Waals surface area contributed by atoms with Crippen LogP contribution in [-0.4, -0.2) is 75.0 Å². The summed E-state index contributed by atoms with van der Waals surface area (Å²) >= 11 is 1.17. The number of rotatable bonds is 12. The quantitative estimate of drug-likeness (QED) is 0.149. The topological polar surface area (TPSA) is 127 Å². The number of aromatic nitrogens is 2. The van der Waals surface area contributed by atoms with Gasteiger partial charge in [0.15, 0.2) is 6.23 Å². The number of carbonyl (C=O) groups is 2. The molecule has 0 spiro atoms. The Morgan fingerprint density at radius 1 is 0.882 bits per heavy atom. The number of nitrogens with one attached hydrogen (secondary N) is 1. The molecule has 0 aliphatic carbocycles. The first-order valence-electron chi connectivity index (χ1n) is 17.8. The van der Waals surface area contributed by atoms with Crippen molar-refractivity contribution in [2.45, 2.75) is 102 Å². The number of carbonyl (C=O) groups excluding carboxylic acids is 2. The van der Waals surface area contributed by atoms with Crippen LogP contribution < -0.4 is 11.0 Å². The van der Waals surface area contributed by atoms with Gasteiger partial charge in [-0.05, 0) is 40.4 Å². The summed E-state index contributed by atoms with van der Waals surface area (Å²) in [5, 5.41) is 2.65. The van der Waals surface area contributed by atoms with Gasteiger partial charge in [0.1, 0.15) is 24.1 Å². The van der Waals surface area contributed by atoms with Gasteiger partial charge in [-0.1, -0.05) is 116 Å². The molecule has 14 heteroatoms. The van der Waals surface area contributed by atoms with Gasteiger partial charge in [0.25, 0.3) is 5.91 Å². The van der Waals surface area contributed by atoms with E-state index < -0.39 is 47.4 Å². The summed E-state index contributed by atoms with van der Waals surface area (Å²) in [6.45, 7) is 17.6. The molecule has 2 aliphatic rings. The molecule has 0 bridgehead atoms. The van der Waals surface area contributed by atoms with E-state index in [1.54, 1.807) is 48.7 Å². The van der Waals surface area contributed by atoms with Crippen molar-refractivity contribution in [1.29, 1.82) is 0 Å². The van der Waals surface area contributed by atoms with Gasteiger partial charge in [0, 0.05) is 23.1 Å². The Morgan fingerprint density at radius 3 is 2.04 bits per heavy atom. The van der Waals surface area contributed by atoms with Crippen LogP contribution in [0.15, 0.2) is 77.7 Å². The molecule has 5 rings (SSSR count). The van der Waals surface area contributed by atoms with Gasteiger partial charge in [0.05, 0.1) is 13.2 Å². The summed E-state index contributed by atoms with van der Waals surface area (Å²) in [5.41, 5.74) is 0.878. The predicted molar refractivity (Wildman–Crippen MR) is 204 cm³/mol. The molecule has 4 atom stereocenters. The number of hydrogen-bond acceptors (Lipinski definition) is 10. The number of anilines is 1. The molecule has 1 aromatic heterocycles. The summed E-state index contributed by atoms with van der Waals surface area (Å²) in [7, 11) is -5.90. The Bertz CT molecular complexity index is 1680. The van der Waals surface area contributed by atoms with Crippen molar-refractivity contribution < 1.29 is 32.0 Å². The number of amides is 1. The zero-order chi connectivity index (χ0) is 36.9. The maximum Gasteiger partial charge on any atom is 0.351 e. The fraction of sp³-hybridized carbons (Fsp3) is 0.514. The van der Waals surface area contributed by atoms with Gasteiger partial charge in [-0.2, -0.15) is 4.98 Å². The fourth-order valence-corrected chi connectivity index (χ4v) is 18.8. The summed E-state index contributed by atoms with van der Waals surface area (Å²) in [6.07, 6.45) is -1.32. The zero-order valence-electron chi connectivity index (χ0n) is 30.7. The lowest BCUT2D eigenvalue weighted by Crippen LogP contribution is -2.66. The Morgan fingerprint density at radius 2 is 1.47 bits per heavy atom. The lowest BCUT2D eigenvalue weighted by Gasteiger charge is -2.51. The number of benzene rings is 2. The highest BCUT2D eigenvalue weighted by molar-refractivity contribution is 8.14. The molecule has 2 aromatic carbocycles. The molecule has 0 saturated carbocycles. The van der Waals surface area contributed by atoms with E-state index in [0.29, 0.717) is 16.9 Å². The maximum atomic E-state index is 13.7. The molecule has 276 valence electrons. The van der Waals surface area contributed by atoms with Gasteiger partial charge in [-0.3, -0.25) is 14.2 Å². The molecule has 0 unspecified atom stereocenters. The van der Waals surface area contributed by atoms with E-state index in [1.165, 1.54) is 16.3 Å². The van der Waals surface area contributed by atoms with Crippen LogP contribution in [0, 0.1) is 0 Å². The van der Waals surface area contributed by atoms with E-state index in [0.717, 1.165) is 0 Å². The molecule has 3 heterocycles. The average Bonchev–Trinajstić information content (AvgIpc) is 3.42. The number of hydrogen-bond donors (Lipinski definition) is 1. The second-order valence-corrected chi connectivity index (χ2v) is 24.2. The normalized spacial score (nSPS) is 22.9. The first-order chi connectivity index (χ1) is 24.3. The third-order valence-electron chi connectivity index (χ3n) is 9.63. The van der Waals surface area contributed by atoms with Crippen LogP contribution >= 0.6 is 11.8 Å². The van der Waals surface area contributed by atoms with Gasteiger partial charge in [-0.25, -0.2) is 4.79 Å². The second kappa shape index (κ2) is 16.8. The van der Waals surface area contributed by atoms with Crippen molar-refractivity contribution >= 4 is 45.7 Å². The van der Waals surface area contributed by atoms with Crippen LogP contribution in [0.5, 0.6) is 0 Å². The van der Waals surface area contributed by atoms with Gasteiger partial charge < -0.3 is 27.8 Å². The van der Waals surface area contributed by atoms with Crippen LogP contribution in [0.2, 0.25) is 22.2 Å². The summed E-state index contributed by atoms with van der Waals surface area (Å²) < 4.78 is 36.3. The van der Waals surface area contributed by atoms with Crippen molar-refractivity contribution in [1.82, 2.24) is 9.55 Å². The van der Waals surface area contributed by atoms with Crippen molar-refractivity contribution in [3.05, 3.63) is 94.5 Å². The Labute approximate surface area is 307 Å². The third kappa shape index (κ3) is 8.49. The maximum absolute atomic E-state index is 13.7. The van der Waals surface area contributed by atoms with Crippen molar-refractivity contribution in [2.24, 2.45) is 0 Å². The Balaban J connectivity index is 1.47. The first-order valence-corrected chi connectivity index (χ1v) is 22.7. The summed E-state index contributed by atoms with van der Waals surface area (Å²) in [6, 6.07) is 19.4. The second-order valence-electron chi connectivity index (χ2n) is 14.3. The Hall–Kier alpha value is -2.96. The fourth-order valence-electron chi connectivity index (χ4n) is 6.95. The number of nitrogens with zero attached hydrogens (tertiary/aromatic N) is 2. The summed E-state index contributed by atoms with van der Waals surface area (Å²) in [4.78, 5) is 43.5. The third-order valence-corrected chi connectivity index (χ3v) is 20.8. The molecular weight excluding hydrogens is 703 g/mol. The van der Waals surface area contributed by atoms with Crippen LogP contribution in [0.3, 0.4) is 0 Å². The molecule has 1 amide bonds. The molecule has 0 radical (unpaired) electrons. The van der Waals surface area contributed by atoms with Crippen LogP contribution in [0.1, 0.15) is 82.3 Å². The van der Waals surface area contributed by atoms with Crippen LogP contribution in [-0.2, 0) is 22.4 Å². The van der Waals surface area contributed by atoms with E-state index in [2.05, 4.69) is 65.7 Å². The number of ether oxygens (including phenoxy) is 2. The van der Waals surface area contributed by atoms with Crippen LogP contribution in [0.25, 0.3) is 0 Å². The standard InChI is InChI=1S/C37H51N3O8SSi2/c1-24(2)50(25(3)4)45-23-30-32(47-51(48-50,26(5)6)27(7)8)33(44-21-22-49-36(42)29-17-13-10-14-18-29)35(46-30)40-20-19-31(39-37(40)43)38-34(41)28-15-11-9-12-16-28/h9-20,24-27,30,32-33,35H,21-23H2,1-8H3,(H,38,39,41,43)/t30-,32-,33-,35-/m1/s1. The lowest BCUT2D eigenvalue weighted by molar-refractivity contribution is -0.0702. The smallest absolute Gasteiger partial charge is 0.351 e. The van der Waals surface area contributed by atoms with Crippen molar-refractivity contribution in [2.75, 3.05) is 24.3 Å². The SMILES string of the molecule is CC(C)[Si]1(C(C)C)OC[C@H]2O[C@@H](n3ccc(NC(=O)c4ccccc4)nc3=O)[C@H](OCCSC(=O)c3ccccc3)[C@@H]2O[Si](C(C)C)(C(C)C)O1. The van der Waals surface area contributed by atoms with E-state index in [-0.39, 0.29) is 52.2 Å². The molecule has 51 heavy (non-hydrogen) atoms. The molecule has 2 fully saturated rings. The monoisotopic (exact) mass is 753 g/mol. The molecule has 3 aromatic rings. The zero-order valence-corrected chi connectivity index (χ0v) is 33.6. The molecule has 11 nitrogen and oxygen atoms in total. The molecule has 2 aliphatic heterocycles. The minimum absolute atomic E-state index is 0.0523. The average molecular weight is 754 g/mol. The molecule has 2 saturated heterocycles. The van der Waals surface area contributed by atoms with Crippen molar-refractivity contribution in [3.8, 4) is 0 Å².